The van der Waals surface area contributed by atoms with E-state index in [4.69, 9.17) is 5.11 Å². The summed E-state index contributed by atoms with van der Waals surface area (Å²) in [5.74, 6) is -0.910. The third-order valence-corrected chi connectivity index (χ3v) is 3.83. The third-order valence-electron chi connectivity index (χ3n) is 2.21. The van der Waals surface area contributed by atoms with Crippen molar-refractivity contribution >= 4 is 38.9 Å². The fourth-order valence-corrected chi connectivity index (χ4v) is 2.82. The van der Waals surface area contributed by atoms with Crippen molar-refractivity contribution in [2.45, 2.75) is 6.54 Å². The average molecular weight is 312 g/mol. The van der Waals surface area contributed by atoms with Crippen LogP contribution in [0.4, 0.5) is 5.69 Å². The first-order valence-corrected chi connectivity index (χ1v) is 6.57. The number of hydrogen-bond acceptors (Lipinski definition) is 3. The molecule has 2 rings (SSSR count). The molecule has 2 N–H and O–H groups in total. The minimum Gasteiger partial charge on any atom is -0.478 e. The molecule has 0 aliphatic rings. The first kappa shape index (κ1) is 12.1. The van der Waals surface area contributed by atoms with Crippen molar-refractivity contribution in [3.05, 3.63) is 50.6 Å². The van der Waals surface area contributed by atoms with Crippen LogP contribution in [0.5, 0.6) is 0 Å². The van der Waals surface area contributed by atoms with Gasteiger partial charge in [0.1, 0.15) is 0 Å². The lowest BCUT2D eigenvalue weighted by molar-refractivity contribution is 0.0697. The highest BCUT2D eigenvalue weighted by atomic mass is 79.9. The zero-order valence-electron chi connectivity index (χ0n) is 8.81. The molecule has 0 fully saturated rings. The van der Waals surface area contributed by atoms with Crippen molar-refractivity contribution in [3.63, 3.8) is 0 Å². The molecule has 0 radical (unpaired) electrons. The largest absolute Gasteiger partial charge is 0.478 e. The number of thiophene rings is 1. The summed E-state index contributed by atoms with van der Waals surface area (Å²) in [5, 5.41) is 12.1. The molecule has 5 heteroatoms. The Morgan fingerprint density at radius 1 is 1.35 bits per heavy atom. The van der Waals surface area contributed by atoms with Gasteiger partial charge in [-0.05, 0) is 46.3 Å². The summed E-state index contributed by atoms with van der Waals surface area (Å²) < 4.78 is 1.09. The summed E-state index contributed by atoms with van der Waals surface area (Å²) in [5.41, 5.74) is 1.11. The molecule has 3 nitrogen and oxygen atoms in total. The van der Waals surface area contributed by atoms with Crippen LogP contribution in [0.3, 0.4) is 0 Å². The van der Waals surface area contributed by atoms with E-state index in [-0.39, 0.29) is 0 Å². The number of carboxylic acids is 1. The van der Waals surface area contributed by atoms with Gasteiger partial charge in [-0.25, -0.2) is 4.79 Å². The van der Waals surface area contributed by atoms with Gasteiger partial charge < -0.3 is 10.4 Å². The van der Waals surface area contributed by atoms with Crippen LogP contribution >= 0.6 is 27.3 Å². The summed E-state index contributed by atoms with van der Waals surface area (Å²) in [7, 11) is 0. The van der Waals surface area contributed by atoms with E-state index in [1.807, 2.05) is 18.2 Å². The van der Waals surface area contributed by atoms with Gasteiger partial charge in [0.2, 0.25) is 0 Å². The number of rotatable bonds is 4. The molecule has 17 heavy (non-hydrogen) atoms. The van der Waals surface area contributed by atoms with Gasteiger partial charge in [0.05, 0.1) is 9.35 Å². The predicted octanol–water partition coefficient (Wildman–Crippen LogP) is 3.82. The van der Waals surface area contributed by atoms with E-state index in [1.54, 1.807) is 29.5 Å². The molecule has 0 unspecified atom stereocenters. The van der Waals surface area contributed by atoms with Gasteiger partial charge in [0.15, 0.2) is 0 Å². The molecule has 0 saturated heterocycles. The molecule has 88 valence electrons. The highest BCUT2D eigenvalue weighted by Crippen LogP contribution is 2.23. The zero-order valence-corrected chi connectivity index (χ0v) is 11.2. The zero-order chi connectivity index (χ0) is 12.3. The average Bonchev–Trinajstić information content (AvgIpc) is 2.73. The van der Waals surface area contributed by atoms with Gasteiger partial charge >= 0.3 is 5.97 Å². The second-order valence-corrected chi connectivity index (χ2v) is 5.99. The van der Waals surface area contributed by atoms with Gasteiger partial charge in [-0.15, -0.1) is 11.3 Å². The normalized spacial score (nSPS) is 10.2. The maximum atomic E-state index is 10.8. The minimum absolute atomic E-state index is 0.294. The standard InChI is InChI=1S/C12H10BrNO2S/c13-11-5-4-10(17-11)7-14-9-3-1-2-8(6-9)12(15)16/h1-6,14H,7H2,(H,15,16). The number of aromatic carboxylic acids is 1. The fourth-order valence-electron chi connectivity index (χ4n) is 1.40. The molecule has 2 aromatic rings. The van der Waals surface area contributed by atoms with E-state index in [9.17, 15) is 4.79 Å². The topological polar surface area (TPSA) is 49.3 Å². The Hall–Kier alpha value is -1.33. The van der Waals surface area contributed by atoms with Crippen LogP contribution in [0.15, 0.2) is 40.2 Å². The summed E-state index contributed by atoms with van der Waals surface area (Å²) in [6.07, 6.45) is 0. The molecule has 1 heterocycles. The molecule has 0 aliphatic carbocycles. The molecule has 0 atom stereocenters. The fraction of sp³-hybridized carbons (Fsp3) is 0.0833. The van der Waals surface area contributed by atoms with Crippen LogP contribution in [0.1, 0.15) is 15.2 Å². The highest BCUT2D eigenvalue weighted by molar-refractivity contribution is 9.11. The quantitative estimate of drug-likeness (QED) is 0.902. The van der Waals surface area contributed by atoms with Gasteiger partial charge in [-0.3, -0.25) is 0 Å². The predicted molar refractivity (Wildman–Crippen MR) is 72.7 cm³/mol. The van der Waals surface area contributed by atoms with E-state index in [2.05, 4.69) is 21.2 Å². The lowest BCUT2D eigenvalue weighted by atomic mass is 10.2. The van der Waals surface area contributed by atoms with Crippen molar-refractivity contribution in [1.29, 1.82) is 0 Å². The third kappa shape index (κ3) is 3.31. The van der Waals surface area contributed by atoms with Crippen molar-refractivity contribution in [2.75, 3.05) is 5.32 Å². The molecule has 0 aliphatic heterocycles. The second kappa shape index (κ2) is 5.33. The van der Waals surface area contributed by atoms with E-state index < -0.39 is 5.97 Å². The maximum Gasteiger partial charge on any atom is 0.335 e. The molecular weight excluding hydrogens is 302 g/mol. The highest BCUT2D eigenvalue weighted by Gasteiger charge is 2.03. The summed E-state index contributed by atoms with van der Waals surface area (Å²) in [6.45, 7) is 0.694. The Kier molecular flexibility index (Phi) is 3.81. The first-order valence-electron chi connectivity index (χ1n) is 4.96. The molecule has 0 saturated carbocycles. The summed E-state index contributed by atoms with van der Waals surface area (Å²) in [6, 6.07) is 10.8. The van der Waals surface area contributed by atoms with Crippen LogP contribution < -0.4 is 5.32 Å². The Labute approximate surface area is 111 Å². The Morgan fingerprint density at radius 3 is 2.82 bits per heavy atom. The number of carbonyl (C=O) groups is 1. The molecule has 0 amide bonds. The Morgan fingerprint density at radius 2 is 2.18 bits per heavy atom. The number of nitrogens with one attached hydrogen (secondary N) is 1. The molecule has 1 aromatic carbocycles. The monoisotopic (exact) mass is 311 g/mol. The Bertz CT molecular complexity index is 539. The summed E-state index contributed by atoms with van der Waals surface area (Å²) in [4.78, 5) is 12.0. The number of halogens is 1. The number of benzene rings is 1. The van der Waals surface area contributed by atoms with Gasteiger partial charge in [0, 0.05) is 17.1 Å². The molecule has 0 bridgehead atoms. The second-order valence-electron chi connectivity index (χ2n) is 3.45. The Balaban J connectivity index is 2.04. The number of hydrogen-bond donors (Lipinski definition) is 2. The lowest BCUT2D eigenvalue weighted by Gasteiger charge is -2.05. The van der Waals surface area contributed by atoms with E-state index in [0.29, 0.717) is 12.1 Å². The van der Waals surface area contributed by atoms with Crippen LogP contribution in [0.2, 0.25) is 0 Å². The van der Waals surface area contributed by atoms with Crippen molar-refractivity contribution in [1.82, 2.24) is 0 Å². The number of anilines is 1. The van der Waals surface area contributed by atoms with Crippen LogP contribution in [0, 0.1) is 0 Å². The first-order chi connectivity index (χ1) is 8.15. The van der Waals surface area contributed by atoms with Gasteiger partial charge in [-0.1, -0.05) is 6.07 Å². The number of carboxylic acid groups (broad SMARTS) is 1. The molecule has 0 spiro atoms. The van der Waals surface area contributed by atoms with Crippen LogP contribution in [-0.4, -0.2) is 11.1 Å². The molecule has 1 aromatic heterocycles. The van der Waals surface area contributed by atoms with Crippen LogP contribution in [-0.2, 0) is 6.54 Å². The summed E-state index contributed by atoms with van der Waals surface area (Å²) >= 11 is 5.06. The van der Waals surface area contributed by atoms with E-state index >= 15 is 0 Å². The van der Waals surface area contributed by atoms with Crippen molar-refractivity contribution in [2.24, 2.45) is 0 Å². The SMILES string of the molecule is O=C(O)c1cccc(NCc2ccc(Br)s2)c1. The van der Waals surface area contributed by atoms with Gasteiger partial charge in [0.25, 0.3) is 0 Å². The van der Waals surface area contributed by atoms with E-state index in [0.717, 1.165) is 9.47 Å². The van der Waals surface area contributed by atoms with Gasteiger partial charge in [-0.2, -0.15) is 0 Å². The van der Waals surface area contributed by atoms with Crippen molar-refractivity contribution < 1.29 is 9.90 Å². The maximum absolute atomic E-state index is 10.8. The smallest absolute Gasteiger partial charge is 0.335 e. The van der Waals surface area contributed by atoms with Crippen molar-refractivity contribution in [3.8, 4) is 0 Å². The van der Waals surface area contributed by atoms with E-state index in [1.165, 1.54) is 4.88 Å². The lowest BCUT2D eigenvalue weighted by Crippen LogP contribution is -2.00. The molecular formula is C12H10BrNO2S. The minimum atomic E-state index is -0.910. The van der Waals surface area contributed by atoms with Crippen LogP contribution in [0.25, 0.3) is 0 Å².